The molecule has 2 heterocycles. The van der Waals surface area contributed by atoms with E-state index in [0.717, 1.165) is 11.9 Å². The lowest BCUT2D eigenvalue weighted by Crippen LogP contribution is -2.36. The molecule has 0 saturated carbocycles. The van der Waals surface area contributed by atoms with Crippen LogP contribution in [-0.2, 0) is 13.1 Å². The molecular weight excluding hydrogens is 315 g/mol. The minimum atomic E-state index is -4.55. The lowest BCUT2D eigenvalue weighted by atomic mass is 10.2. The number of rotatable bonds is 5. The summed E-state index contributed by atoms with van der Waals surface area (Å²) in [6.45, 7) is 2.16. The van der Waals surface area contributed by atoms with E-state index in [1.165, 1.54) is 0 Å². The van der Waals surface area contributed by atoms with E-state index in [-0.39, 0.29) is 18.2 Å². The Morgan fingerprint density at radius 2 is 2.04 bits per heavy atom. The third-order valence-corrected chi connectivity index (χ3v) is 3.17. The Bertz CT molecular complexity index is 790. The molecule has 0 fully saturated rings. The fourth-order valence-electron chi connectivity index (χ4n) is 2.00. The van der Waals surface area contributed by atoms with Crippen molar-refractivity contribution >= 4 is 0 Å². The fourth-order valence-corrected chi connectivity index (χ4v) is 2.00. The van der Waals surface area contributed by atoms with Crippen LogP contribution in [0.3, 0.4) is 0 Å². The Balaban J connectivity index is 2.15. The Kier molecular flexibility index (Phi) is 4.73. The number of aromatic amines is 2. The maximum Gasteiger partial charge on any atom is 0.406 e. The van der Waals surface area contributed by atoms with Gasteiger partial charge in [-0.1, -0.05) is 0 Å². The van der Waals surface area contributed by atoms with E-state index >= 15 is 0 Å². The molecule has 0 aliphatic rings. The van der Waals surface area contributed by atoms with Gasteiger partial charge in [0.2, 0.25) is 0 Å². The van der Waals surface area contributed by atoms with Crippen LogP contribution >= 0.6 is 0 Å². The summed E-state index contributed by atoms with van der Waals surface area (Å²) >= 11 is 0. The lowest BCUT2D eigenvalue weighted by molar-refractivity contribution is -0.141. The molecule has 2 aromatic rings. The van der Waals surface area contributed by atoms with Crippen LogP contribution in [0.25, 0.3) is 0 Å². The Morgan fingerprint density at radius 1 is 1.35 bits per heavy atom. The lowest BCUT2D eigenvalue weighted by Gasteiger charge is -2.13. The molecule has 2 aromatic heterocycles. The Morgan fingerprint density at radius 3 is 2.61 bits per heavy atom. The molecule has 0 amide bonds. The number of nitrogens with zero attached hydrogens (tertiary/aromatic N) is 2. The van der Waals surface area contributed by atoms with Gasteiger partial charge in [-0.2, -0.15) is 13.2 Å². The summed E-state index contributed by atoms with van der Waals surface area (Å²) in [6.07, 6.45) is -1.99. The number of H-pyrrole nitrogens is 2. The second kappa shape index (κ2) is 6.41. The average molecular weight is 331 g/mol. The quantitative estimate of drug-likeness (QED) is 0.761. The van der Waals surface area contributed by atoms with Gasteiger partial charge < -0.3 is 10.3 Å². The Labute approximate surface area is 128 Å². The van der Waals surface area contributed by atoms with Crippen molar-refractivity contribution < 1.29 is 13.2 Å². The van der Waals surface area contributed by atoms with E-state index in [1.807, 2.05) is 11.9 Å². The molecule has 0 aliphatic heterocycles. The van der Waals surface area contributed by atoms with E-state index in [4.69, 9.17) is 0 Å². The summed E-state index contributed by atoms with van der Waals surface area (Å²) in [7, 11) is 0. The summed E-state index contributed by atoms with van der Waals surface area (Å²) in [5.41, 5.74) is -0.913. The number of alkyl halides is 3. The molecule has 0 spiro atoms. The van der Waals surface area contributed by atoms with Crippen LogP contribution in [0.4, 0.5) is 13.2 Å². The Hall–Kier alpha value is -2.36. The predicted molar refractivity (Wildman–Crippen MR) is 76.0 cm³/mol. The van der Waals surface area contributed by atoms with E-state index in [2.05, 4.69) is 15.3 Å². The number of aryl methyl sites for hydroxylation is 1. The highest BCUT2D eigenvalue weighted by molar-refractivity contribution is 5.07. The molecule has 0 bridgehead atoms. The van der Waals surface area contributed by atoms with E-state index in [9.17, 15) is 22.8 Å². The smallest absolute Gasteiger partial charge is 0.345 e. The number of hydrogen-bond acceptors (Lipinski definition) is 4. The van der Waals surface area contributed by atoms with Gasteiger partial charge in [0.1, 0.15) is 12.4 Å². The van der Waals surface area contributed by atoms with Crippen LogP contribution in [0.5, 0.6) is 0 Å². The number of imidazole rings is 1. The van der Waals surface area contributed by atoms with Gasteiger partial charge >= 0.3 is 11.9 Å². The second-order valence-corrected chi connectivity index (χ2v) is 5.21. The second-order valence-electron chi connectivity index (χ2n) is 5.21. The number of halogens is 3. The molecule has 0 aromatic carbocycles. The highest BCUT2D eigenvalue weighted by Crippen LogP contribution is 2.16. The maximum atomic E-state index is 12.4. The van der Waals surface area contributed by atoms with Gasteiger partial charge in [-0.15, -0.1) is 0 Å². The standard InChI is InChI=1S/C13H16F3N5O2/c1-7-3-18-10(19-7)8(2)17-4-9-5-21(6-13(14,15)16)12(23)20-11(9)22/h3,5,8,17H,4,6H2,1-2H3,(H,18,19)(H,20,22,23). The third-order valence-electron chi connectivity index (χ3n) is 3.17. The number of nitrogens with one attached hydrogen (secondary N) is 3. The first-order valence-electron chi connectivity index (χ1n) is 6.80. The third kappa shape index (κ3) is 4.55. The highest BCUT2D eigenvalue weighted by atomic mass is 19.4. The summed E-state index contributed by atoms with van der Waals surface area (Å²) in [6, 6.07) is -0.244. The zero-order valence-electron chi connectivity index (χ0n) is 12.5. The summed E-state index contributed by atoms with van der Waals surface area (Å²) < 4.78 is 37.7. The van der Waals surface area contributed by atoms with Crippen molar-refractivity contribution in [3.63, 3.8) is 0 Å². The zero-order valence-corrected chi connectivity index (χ0v) is 12.5. The van der Waals surface area contributed by atoms with Crippen molar-refractivity contribution in [1.82, 2.24) is 24.8 Å². The summed E-state index contributed by atoms with van der Waals surface area (Å²) in [5.74, 6) is 0.641. The average Bonchev–Trinajstić information content (AvgIpc) is 2.85. The minimum absolute atomic E-state index is 0.00557. The van der Waals surface area contributed by atoms with Crippen LogP contribution in [0, 0.1) is 6.92 Å². The molecule has 1 unspecified atom stereocenters. The molecule has 10 heteroatoms. The van der Waals surface area contributed by atoms with Crippen LogP contribution < -0.4 is 16.6 Å². The number of aromatic nitrogens is 4. The van der Waals surface area contributed by atoms with Crippen molar-refractivity contribution in [2.24, 2.45) is 0 Å². The van der Waals surface area contributed by atoms with Crippen molar-refractivity contribution in [2.75, 3.05) is 0 Å². The zero-order chi connectivity index (χ0) is 17.2. The van der Waals surface area contributed by atoms with Crippen molar-refractivity contribution in [2.45, 2.75) is 39.2 Å². The maximum absolute atomic E-state index is 12.4. The van der Waals surface area contributed by atoms with Gasteiger partial charge in [0, 0.05) is 30.2 Å². The number of hydrogen-bond donors (Lipinski definition) is 3. The van der Waals surface area contributed by atoms with Crippen molar-refractivity contribution in [3.8, 4) is 0 Å². The van der Waals surface area contributed by atoms with Crippen LogP contribution in [0.1, 0.15) is 30.0 Å². The van der Waals surface area contributed by atoms with E-state index in [0.29, 0.717) is 10.4 Å². The van der Waals surface area contributed by atoms with Gasteiger partial charge in [0.25, 0.3) is 5.56 Å². The van der Waals surface area contributed by atoms with Crippen molar-refractivity contribution in [3.05, 3.63) is 50.3 Å². The predicted octanol–water partition coefficient (Wildman–Crippen LogP) is 0.981. The monoisotopic (exact) mass is 331 g/mol. The van der Waals surface area contributed by atoms with Crippen LogP contribution in [0.2, 0.25) is 0 Å². The molecule has 0 saturated heterocycles. The minimum Gasteiger partial charge on any atom is -0.345 e. The molecule has 1 atom stereocenters. The van der Waals surface area contributed by atoms with E-state index in [1.54, 1.807) is 13.1 Å². The van der Waals surface area contributed by atoms with Crippen LogP contribution in [-0.4, -0.2) is 25.7 Å². The molecule has 2 rings (SSSR count). The molecule has 3 N–H and O–H groups in total. The molecule has 7 nitrogen and oxygen atoms in total. The molecule has 0 aliphatic carbocycles. The molecule has 126 valence electrons. The van der Waals surface area contributed by atoms with Crippen molar-refractivity contribution in [1.29, 1.82) is 0 Å². The first kappa shape index (κ1) is 17.0. The SMILES string of the molecule is Cc1cnc(C(C)NCc2cn(CC(F)(F)F)c(=O)[nH]c2=O)[nH]1. The highest BCUT2D eigenvalue weighted by Gasteiger charge is 2.28. The molecular formula is C13H16F3N5O2. The largest absolute Gasteiger partial charge is 0.406 e. The van der Waals surface area contributed by atoms with Crippen LogP contribution in [0.15, 0.2) is 22.0 Å². The van der Waals surface area contributed by atoms with E-state index < -0.39 is 24.0 Å². The van der Waals surface area contributed by atoms with Gasteiger partial charge in [-0.05, 0) is 13.8 Å². The van der Waals surface area contributed by atoms with Gasteiger partial charge in [0.15, 0.2) is 0 Å². The van der Waals surface area contributed by atoms with Gasteiger partial charge in [-0.25, -0.2) is 9.78 Å². The van der Waals surface area contributed by atoms with Gasteiger partial charge in [0.05, 0.1) is 6.04 Å². The summed E-state index contributed by atoms with van der Waals surface area (Å²) in [5, 5.41) is 2.97. The van der Waals surface area contributed by atoms with Gasteiger partial charge in [-0.3, -0.25) is 14.3 Å². The topological polar surface area (TPSA) is 95.6 Å². The molecule has 0 radical (unpaired) electrons. The summed E-state index contributed by atoms with van der Waals surface area (Å²) in [4.78, 5) is 32.1. The normalized spacial score (nSPS) is 13.3. The first-order chi connectivity index (χ1) is 10.7. The molecule has 23 heavy (non-hydrogen) atoms. The first-order valence-corrected chi connectivity index (χ1v) is 6.80. The fraction of sp³-hybridized carbons (Fsp3) is 0.462.